The third-order valence-electron chi connectivity index (χ3n) is 2.83. The molecule has 6 heteroatoms. The molecule has 1 saturated heterocycles. The second-order valence-corrected chi connectivity index (χ2v) is 4.10. The van der Waals surface area contributed by atoms with E-state index in [1.165, 1.54) is 0 Å². The summed E-state index contributed by atoms with van der Waals surface area (Å²) in [6, 6.07) is 4.75. The topological polar surface area (TPSA) is 93.5 Å². The molecular formula is C12H15N3O3. The molecule has 0 radical (unpaired) electrons. The van der Waals surface area contributed by atoms with Crippen molar-refractivity contribution >= 4 is 23.2 Å². The molecule has 0 saturated carbocycles. The molecule has 1 heterocycles. The minimum Gasteiger partial charge on any atom is -0.497 e. The number of imide groups is 1. The first-order chi connectivity index (χ1) is 8.60. The van der Waals surface area contributed by atoms with E-state index in [0.29, 0.717) is 30.0 Å². The first-order valence-electron chi connectivity index (χ1n) is 5.64. The summed E-state index contributed by atoms with van der Waals surface area (Å²) in [5.74, 6) is 0.101. The number of piperidine rings is 1. The molecule has 2 rings (SSSR count). The number of amides is 2. The van der Waals surface area contributed by atoms with Crippen molar-refractivity contribution in [2.45, 2.75) is 18.9 Å². The van der Waals surface area contributed by atoms with E-state index in [0.717, 1.165) is 0 Å². The van der Waals surface area contributed by atoms with E-state index in [4.69, 9.17) is 10.5 Å². The second-order valence-electron chi connectivity index (χ2n) is 4.10. The normalized spacial score (nSPS) is 19.3. The number of rotatable bonds is 3. The fourth-order valence-corrected chi connectivity index (χ4v) is 1.82. The highest BCUT2D eigenvalue weighted by molar-refractivity contribution is 6.01. The van der Waals surface area contributed by atoms with E-state index in [1.807, 2.05) is 0 Å². The van der Waals surface area contributed by atoms with Crippen LogP contribution in [-0.4, -0.2) is 25.0 Å². The van der Waals surface area contributed by atoms with Crippen LogP contribution in [0.1, 0.15) is 12.8 Å². The highest BCUT2D eigenvalue weighted by Crippen LogP contribution is 2.25. The molecule has 1 unspecified atom stereocenters. The Labute approximate surface area is 104 Å². The van der Waals surface area contributed by atoms with Crippen LogP contribution >= 0.6 is 0 Å². The Morgan fingerprint density at radius 2 is 2.22 bits per heavy atom. The number of nitrogens with two attached hydrogens (primary N) is 1. The minimum atomic E-state index is -0.432. The van der Waals surface area contributed by atoms with Crippen molar-refractivity contribution < 1.29 is 14.3 Å². The lowest BCUT2D eigenvalue weighted by molar-refractivity contribution is -0.133. The molecule has 1 aliphatic heterocycles. The van der Waals surface area contributed by atoms with Gasteiger partial charge in [0.1, 0.15) is 11.8 Å². The van der Waals surface area contributed by atoms with Crippen LogP contribution in [0, 0.1) is 0 Å². The van der Waals surface area contributed by atoms with Crippen LogP contribution in [0.25, 0.3) is 0 Å². The summed E-state index contributed by atoms with van der Waals surface area (Å²) in [4.78, 5) is 22.6. The van der Waals surface area contributed by atoms with Crippen LogP contribution in [-0.2, 0) is 9.59 Å². The zero-order valence-electron chi connectivity index (χ0n) is 10.0. The highest BCUT2D eigenvalue weighted by Gasteiger charge is 2.26. The van der Waals surface area contributed by atoms with Crippen molar-refractivity contribution in [3.63, 3.8) is 0 Å². The van der Waals surface area contributed by atoms with E-state index in [1.54, 1.807) is 25.3 Å². The predicted molar refractivity (Wildman–Crippen MR) is 67.2 cm³/mol. The summed E-state index contributed by atoms with van der Waals surface area (Å²) in [5, 5.41) is 5.31. The number of carbonyl (C=O) groups excluding carboxylic acids is 2. The average molecular weight is 249 g/mol. The maximum absolute atomic E-state index is 11.6. The van der Waals surface area contributed by atoms with Gasteiger partial charge in [0.05, 0.1) is 18.5 Å². The van der Waals surface area contributed by atoms with Gasteiger partial charge in [0, 0.05) is 12.5 Å². The van der Waals surface area contributed by atoms with Crippen LogP contribution in [0.4, 0.5) is 11.4 Å². The molecular weight excluding hydrogens is 234 g/mol. The molecule has 1 aliphatic rings. The number of ether oxygens (including phenoxy) is 1. The number of methoxy groups -OCH3 is 1. The Kier molecular flexibility index (Phi) is 3.36. The summed E-state index contributed by atoms with van der Waals surface area (Å²) < 4.78 is 5.04. The van der Waals surface area contributed by atoms with Crippen molar-refractivity contribution in [1.29, 1.82) is 0 Å². The number of nitrogen functional groups attached to an aromatic ring is 1. The molecule has 4 N–H and O–H groups in total. The van der Waals surface area contributed by atoms with Crippen LogP contribution in [0.3, 0.4) is 0 Å². The van der Waals surface area contributed by atoms with Gasteiger partial charge in [-0.1, -0.05) is 0 Å². The van der Waals surface area contributed by atoms with Gasteiger partial charge in [0.25, 0.3) is 0 Å². The molecule has 0 bridgehead atoms. The van der Waals surface area contributed by atoms with Gasteiger partial charge in [-0.25, -0.2) is 0 Å². The first kappa shape index (κ1) is 12.2. The maximum atomic E-state index is 11.6. The third kappa shape index (κ3) is 2.53. The molecule has 96 valence electrons. The van der Waals surface area contributed by atoms with Crippen molar-refractivity contribution in [2.24, 2.45) is 0 Å². The zero-order valence-corrected chi connectivity index (χ0v) is 10.0. The molecule has 0 aliphatic carbocycles. The predicted octanol–water partition coefficient (Wildman–Crippen LogP) is 0.494. The molecule has 2 amide bonds. The monoisotopic (exact) mass is 249 g/mol. The largest absolute Gasteiger partial charge is 0.497 e. The summed E-state index contributed by atoms with van der Waals surface area (Å²) in [6.45, 7) is 0. The second kappa shape index (κ2) is 4.95. The van der Waals surface area contributed by atoms with Crippen molar-refractivity contribution in [3.8, 4) is 5.75 Å². The quantitative estimate of drug-likeness (QED) is 0.535. The molecule has 0 spiro atoms. The lowest BCUT2D eigenvalue weighted by atomic mass is 10.1. The number of nitrogens with one attached hydrogen (secondary N) is 2. The summed E-state index contributed by atoms with van der Waals surface area (Å²) in [7, 11) is 1.56. The summed E-state index contributed by atoms with van der Waals surface area (Å²) in [6.07, 6.45) is 0.801. The third-order valence-corrected chi connectivity index (χ3v) is 2.83. The van der Waals surface area contributed by atoms with E-state index < -0.39 is 6.04 Å². The standard InChI is InChI=1S/C12H15N3O3/c1-18-7-2-3-9(8(13)6-7)14-10-4-5-11(16)15-12(10)17/h2-3,6,10,14H,4-5,13H2,1H3,(H,15,16,17). The number of benzene rings is 1. The minimum absolute atomic E-state index is 0.235. The van der Waals surface area contributed by atoms with Gasteiger partial charge in [-0.3, -0.25) is 14.9 Å². The van der Waals surface area contributed by atoms with Crippen LogP contribution < -0.4 is 21.1 Å². The maximum Gasteiger partial charge on any atom is 0.249 e. The molecule has 6 nitrogen and oxygen atoms in total. The number of hydrogen-bond donors (Lipinski definition) is 3. The fraction of sp³-hybridized carbons (Fsp3) is 0.333. The highest BCUT2D eigenvalue weighted by atomic mass is 16.5. The van der Waals surface area contributed by atoms with Gasteiger partial charge in [0.15, 0.2) is 0 Å². The molecule has 0 aromatic heterocycles. The Hall–Kier alpha value is -2.24. The Bertz CT molecular complexity index is 487. The van der Waals surface area contributed by atoms with E-state index >= 15 is 0 Å². The molecule has 1 aromatic carbocycles. The van der Waals surface area contributed by atoms with Gasteiger partial charge in [-0.05, 0) is 18.6 Å². The number of anilines is 2. The first-order valence-corrected chi connectivity index (χ1v) is 5.64. The zero-order chi connectivity index (χ0) is 13.1. The lowest BCUT2D eigenvalue weighted by Crippen LogP contribution is -2.47. The number of hydrogen-bond acceptors (Lipinski definition) is 5. The van der Waals surface area contributed by atoms with E-state index in [2.05, 4.69) is 10.6 Å². The summed E-state index contributed by atoms with van der Waals surface area (Å²) in [5.41, 5.74) is 7.00. The fourth-order valence-electron chi connectivity index (χ4n) is 1.82. The Morgan fingerprint density at radius 3 is 2.83 bits per heavy atom. The van der Waals surface area contributed by atoms with Crippen molar-refractivity contribution in [2.75, 3.05) is 18.2 Å². The van der Waals surface area contributed by atoms with Crippen molar-refractivity contribution in [3.05, 3.63) is 18.2 Å². The summed E-state index contributed by atoms with van der Waals surface area (Å²) >= 11 is 0. The van der Waals surface area contributed by atoms with Gasteiger partial charge < -0.3 is 15.8 Å². The molecule has 1 fully saturated rings. The number of carbonyl (C=O) groups is 2. The lowest BCUT2D eigenvalue weighted by Gasteiger charge is -2.23. The van der Waals surface area contributed by atoms with Gasteiger partial charge in [0.2, 0.25) is 11.8 Å². The SMILES string of the molecule is COc1ccc(NC2CCC(=O)NC2=O)c(N)c1. The molecule has 1 aromatic rings. The average Bonchev–Trinajstić information content (AvgIpc) is 2.34. The van der Waals surface area contributed by atoms with Crippen molar-refractivity contribution in [1.82, 2.24) is 5.32 Å². The molecule has 18 heavy (non-hydrogen) atoms. The van der Waals surface area contributed by atoms with Gasteiger partial charge >= 0.3 is 0 Å². The Morgan fingerprint density at radius 1 is 1.44 bits per heavy atom. The van der Waals surface area contributed by atoms with Crippen LogP contribution in [0.5, 0.6) is 5.75 Å². The van der Waals surface area contributed by atoms with Crippen LogP contribution in [0.2, 0.25) is 0 Å². The molecule has 1 atom stereocenters. The van der Waals surface area contributed by atoms with E-state index in [-0.39, 0.29) is 11.8 Å². The Balaban J connectivity index is 2.09. The van der Waals surface area contributed by atoms with E-state index in [9.17, 15) is 9.59 Å². The van der Waals surface area contributed by atoms with Crippen LogP contribution in [0.15, 0.2) is 18.2 Å². The van der Waals surface area contributed by atoms with Gasteiger partial charge in [-0.15, -0.1) is 0 Å². The van der Waals surface area contributed by atoms with Gasteiger partial charge in [-0.2, -0.15) is 0 Å². The smallest absolute Gasteiger partial charge is 0.249 e.